The van der Waals surface area contributed by atoms with Gasteiger partial charge in [-0.2, -0.15) is 0 Å². The summed E-state index contributed by atoms with van der Waals surface area (Å²) < 4.78 is 1.77. The van der Waals surface area contributed by atoms with Crippen molar-refractivity contribution in [2.75, 3.05) is 6.54 Å². The minimum absolute atomic E-state index is 0.494. The summed E-state index contributed by atoms with van der Waals surface area (Å²) in [6.07, 6.45) is 5.68. The third kappa shape index (κ3) is 2.37. The molecule has 1 N–H and O–H groups in total. The van der Waals surface area contributed by atoms with Crippen LogP contribution >= 0.6 is 0 Å². The minimum atomic E-state index is 0.494. The number of nitrogens with one attached hydrogen (secondary N) is 1. The Labute approximate surface area is 91.1 Å². The van der Waals surface area contributed by atoms with E-state index in [0.29, 0.717) is 11.5 Å². The van der Waals surface area contributed by atoms with Crippen molar-refractivity contribution < 1.29 is 0 Å². The summed E-state index contributed by atoms with van der Waals surface area (Å²) in [5, 5.41) is 11.7. The van der Waals surface area contributed by atoms with Crippen LogP contribution < -0.4 is 5.32 Å². The van der Waals surface area contributed by atoms with Gasteiger partial charge in [0.05, 0.1) is 5.69 Å². The second-order valence-electron chi connectivity index (χ2n) is 4.85. The molecule has 0 bridgehead atoms. The van der Waals surface area contributed by atoms with Crippen LogP contribution in [0.5, 0.6) is 0 Å². The van der Waals surface area contributed by atoms with Crippen molar-refractivity contribution in [3.05, 3.63) is 11.9 Å². The van der Waals surface area contributed by atoms with Crippen molar-refractivity contribution >= 4 is 0 Å². The van der Waals surface area contributed by atoms with Crippen LogP contribution in [0.4, 0.5) is 0 Å². The molecule has 2 rings (SSSR count). The van der Waals surface area contributed by atoms with Crippen LogP contribution in [0.15, 0.2) is 6.20 Å². The maximum Gasteiger partial charge on any atom is 0.0842 e. The lowest BCUT2D eigenvalue weighted by Gasteiger charge is -2.23. The molecule has 4 heteroatoms. The van der Waals surface area contributed by atoms with Crippen molar-refractivity contribution in [2.45, 2.75) is 39.2 Å². The highest BCUT2D eigenvalue weighted by Crippen LogP contribution is 2.48. The molecule has 0 amide bonds. The summed E-state index contributed by atoms with van der Waals surface area (Å²) in [6, 6.07) is 0.555. The van der Waals surface area contributed by atoms with Gasteiger partial charge in [0, 0.05) is 25.7 Å². The van der Waals surface area contributed by atoms with E-state index in [4.69, 9.17) is 0 Å². The van der Waals surface area contributed by atoms with Gasteiger partial charge in [-0.25, -0.2) is 0 Å². The Bertz CT molecular complexity index is 327. The topological polar surface area (TPSA) is 42.7 Å². The maximum absolute atomic E-state index is 4.15. The van der Waals surface area contributed by atoms with Crippen LogP contribution in [0.3, 0.4) is 0 Å². The van der Waals surface area contributed by atoms with Crippen LogP contribution in [0.2, 0.25) is 0 Å². The second-order valence-corrected chi connectivity index (χ2v) is 4.85. The first-order chi connectivity index (χ1) is 7.14. The summed E-state index contributed by atoms with van der Waals surface area (Å²) in [4.78, 5) is 0. The molecule has 1 aromatic heterocycles. The molecule has 0 aliphatic heterocycles. The number of nitrogens with zero attached hydrogens (tertiary/aromatic N) is 3. The molecule has 1 fully saturated rings. The first kappa shape index (κ1) is 10.6. The van der Waals surface area contributed by atoms with Crippen molar-refractivity contribution in [3.63, 3.8) is 0 Å². The van der Waals surface area contributed by atoms with Gasteiger partial charge in [0.2, 0.25) is 0 Å². The van der Waals surface area contributed by atoms with E-state index >= 15 is 0 Å². The Morgan fingerprint density at radius 3 is 2.80 bits per heavy atom. The Kier molecular flexibility index (Phi) is 2.78. The number of hydrogen-bond acceptors (Lipinski definition) is 3. The molecule has 1 aliphatic rings. The van der Waals surface area contributed by atoms with Crippen LogP contribution in [-0.4, -0.2) is 27.6 Å². The van der Waals surface area contributed by atoms with Gasteiger partial charge in [-0.05, 0) is 24.8 Å². The third-order valence-electron chi connectivity index (χ3n) is 3.39. The summed E-state index contributed by atoms with van der Waals surface area (Å²) >= 11 is 0. The molecule has 1 aliphatic carbocycles. The van der Waals surface area contributed by atoms with Crippen molar-refractivity contribution in [2.24, 2.45) is 12.5 Å². The first-order valence-corrected chi connectivity index (χ1v) is 5.72. The van der Waals surface area contributed by atoms with E-state index in [1.54, 1.807) is 4.68 Å². The predicted molar refractivity (Wildman–Crippen MR) is 59.5 cm³/mol. The molecule has 1 aromatic rings. The van der Waals surface area contributed by atoms with Crippen LogP contribution in [0.25, 0.3) is 0 Å². The van der Waals surface area contributed by atoms with E-state index < -0.39 is 0 Å². The minimum Gasteiger partial charge on any atom is -0.313 e. The van der Waals surface area contributed by atoms with Crippen molar-refractivity contribution in [1.29, 1.82) is 0 Å². The zero-order valence-electron chi connectivity index (χ0n) is 9.82. The summed E-state index contributed by atoms with van der Waals surface area (Å²) in [7, 11) is 1.91. The number of rotatable bonds is 5. The third-order valence-corrected chi connectivity index (χ3v) is 3.39. The monoisotopic (exact) mass is 208 g/mol. The number of likely N-dealkylation sites (N-methyl/N-ethyl adjacent to an activating group) is 1. The van der Waals surface area contributed by atoms with Gasteiger partial charge >= 0.3 is 0 Å². The lowest BCUT2D eigenvalue weighted by Crippen LogP contribution is -2.38. The zero-order chi connectivity index (χ0) is 10.9. The molecule has 4 nitrogen and oxygen atoms in total. The first-order valence-electron chi connectivity index (χ1n) is 5.72. The fourth-order valence-corrected chi connectivity index (χ4v) is 2.05. The highest BCUT2D eigenvalue weighted by atomic mass is 15.4. The van der Waals surface area contributed by atoms with Crippen LogP contribution in [0.1, 0.15) is 32.4 Å². The van der Waals surface area contributed by atoms with Crippen LogP contribution in [-0.2, 0) is 13.5 Å². The number of aryl methyl sites for hydroxylation is 1. The van der Waals surface area contributed by atoms with Gasteiger partial charge in [-0.1, -0.05) is 19.1 Å². The normalized spacial score (nSPS) is 20.2. The van der Waals surface area contributed by atoms with E-state index in [0.717, 1.165) is 18.7 Å². The number of hydrogen-bond donors (Lipinski definition) is 1. The van der Waals surface area contributed by atoms with Gasteiger partial charge in [0.15, 0.2) is 0 Å². The highest BCUT2D eigenvalue weighted by molar-refractivity contribution is 5.05. The molecule has 84 valence electrons. The summed E-state index contributed by atoms with van der Waals surface area (Å²) in [5.74, 6) is 0. The van der Waals surface area contributed by atoms with Crippen LogP contribution in [0, 0.1) is 5.41 Å². The van der Waals surface area contributed by atoms with Gasteiger partial charge in [-0.3, -0.25) is 4.68 Å². The average Bonchev–Trinajstić information content (AvgIpc) is 2.81. The molecule has 15 heavy (non-hydrogen) atoms. The molecule has 0 radical (unpaired) electrons. The molecule has 1 saturated carbocycles. The van der Waals surface area contributed by atoms with E-state index in [1.165, 1.54) is 12.8 Å². The lowest BCUT2D eigenvalue weighted by molar-refractivity contribution is 0.358. The lowest BCUT2D eigenvalue weighted by atomic mass is 9.94. The fourth-order valence-electron chi connectivity index (χ4n) is 2.05. The molecule has 0 saturated heterocycles. The molecular weight excluding hydrogens is 188 g/mol. The molecular formula is C11H20N4. The Morgan fingerprint density at radius 1 is 1.60 bits per heavy atom. The Balaban J connectivity index is 2.00. The Morgan fingerprint density at radius 2 is 2.33 bits per heavy atom. The van der Waals surface area contributed by atoms with E-state index in [1.807, 2.05) is 13.2 Å². The van der Waals surface area contributed by atoms with Gasteiger partial charge < -0.3 is 5.32 Å². The fraction of sp³-hybridized carbons (Fsp3) is 0.818. The SMILES string of the molecule is CCNC(Cc1cn(C)nn1)C1(C)CC1. The molecule has 0 spiro atoms. The summed E-state index contributed by atoms with van der Waals surface area (Å²) in [5.41, 5.74) is 1.59. The van der Waals surface area contributed by atoms with Gasteiger partial charge in [0.25, 0.3) is 0 Å². The Hall–Kier alpha value is -0.900. The standard InChI is InChI=1S/C11H20N4/c1-4-12-10(11(2)5-6-11)7-9-8-15(3)14-13-9/h8,10,12H,4-7H2,1-3H3. The molecule has 1 unspecified atom stereocenters. The molecule has 1 heterocycles. The zero-order valence-corrected chi connectivity index (χ0v) is 9.82. The second kappa shape index (κ2) is 3.93. The maximum atomic E-state index is 4.15. The average molecular weight is 208 g/mol. The van der Waals surface area contributed by atoms with Gasteiger partial charge in [0.1, 0.15) is 0 Å². The molecule has 1 atom stereocenters. The smallest absolute Gasteiger partial charge is 0.0842 e. The van der Waals surface area contributed by atoms with E-state index in [9.17, 15) is 0 Å². The highest BCUT2D eigenvalue weighted by Gasteiger charge is 2.44. The van der Waals surface area contributed by atoms with E-state index in [2.05, 4.69) is 29.5 Å². The van der Waals surface area contributed by atoms with Crippen molar-refractivity contribution in [1.82, 2.24) is 20.3 Å². The summed E-state index contributed by atoms with van der Waals surface area (Å²) in [6.45, 7) is 5.55. The van der Waals surface area contributed by atoms with E-state index in [-0.39, 0.29) is 0 Å². The molecule has 0 aromatic carbocycles. The van der Waals surface area contributed by atoms with Gasteiger partial charge in [-0.15, -0.1) is 5.10 Å². The predicted octanol–water partition coefficient (Wildman–Crippen LogP) is 1.14. The quantitative estimate of drug-likeness (QED) is 0.789. The largest absolute Gasteiger partial charge is 0.313 e. The van der Waals surface area contributed by atoms with Crippen molar-refractivity contribution in [3.8, 4) is 0 Å². The number of aromatic nitrogens is 3.